The van der Waals surface area contributed by atoms with Crippen molar-refractivity contribution in [3.05, 3.63) is 59.4 Å². The largest absolute Gasteiger partial charge is 0.368 e. The molecule has 1 fully saturated rings. The lowest BCUT2D eigenvalue weighted by molar-refractivity contribution is 0.0746. The number of benzene rings is 2. The van der Waals surface area contributed by atoms with Crippen molar-refractivity contribution >= 4 is 21.6 Å². The summed E-state index contributed by atoms with van der Waals surface area (Å²) in [5, 5.41) is 0. The van der Waals surface area contributed by atoms with Gasteiger partial charge in [0.15, 0.2) is 0 Å². The van der Waals surface area contributed by atoms with Gasteiger partial charge in [0.25, 0.3) is 5.91 Å². The zero-order valence-electron chi connectivity index (χ0n) is 17.6. The predicted octanol–water partition coefficient (Wildman–Crippen LogP) is 3.13. The van der Waals surface area contributed by atoms with Gasteiger partial charge in [-0.2, -0.15) is 4.31 Å². The van der Waals surface area contributed by atoms with E-state index in [1.165, 1.54) is 22.5 Å². The van der Waals surface area contributed by atoms with Gasteiger partial charge in [-0.05, 0) is 48.9 Å². The van der Waals surface area contributed by atoms with Crippen LogP contribution >= 0.6 is 0 Å². The lowest BCUT2D eigenvalue weighted by atomic mass is 10.1. The zero-order chi connectivity index (χ0) is 21.9. The van der Waals surface area contributed by atoms with Crippen LogP contribution in [0.2, 0.25) is 0 Å². The minimum absolute atomic E-state index is 0.176. The zero-order valence-corrected chi connectivity index (χ0v) is 18.5. The second kappa shape index (κ2) is 9.14. The van der Waals surface area contributed by atoms with Crippen molar-refractivity contribution < 1.29 is 17.6 Å². The molecule has 1 amide bonds. The van der Waals surface area contributed by atoms with Crippen molar-refractivity contribution in [1.29, 1.82) is 0 Å². The summed E-state index contributed by atoms with van der Waals surface area (Å²) in [6.07, 6.45) is 0. The molecule has 162 valence electrons. The van der Waals surface area contributed by atoms with Gasteiger partial charge in [0.1, 0.15) is 5.82 Å². The maximum absolute atomic E-state index is 13.1. The molecule has 0 bridgehead atoms. The van der Waals surface area contributed by atoms with Crippen LogP contribution in [0.3, 0.4) is 0 Å². The molecule has 30 heavy (non-hydrogen) atoms. The van der Waals surface area contributed by atoms with Gasteiger partial charge in [-0.1, -0.05) is 19.9 Å². The van der Waals surface area contributed by atoms with Crippen LogP contribution < -0.4 is 4.90 Å². The van der Waals surface area contributed by atoms with Gasteiger partial charge in [-0.15, -0.1) is 0 Å². The molecule has 8 heteroatoms. The molecule has 0 radical (unpaired) electrons. The molecule has 1 aliphatic rings. The van der Waals surface area contributed by atoms with E-state index in [0.717, 1.165) is 5.69 Å². The van der Waals surface area contributed by atoms with E-state index in [1.54, 1.807) is 49.9 Å². The summed E-state index contributed by atoms with van der Waals surface area (Å²) < 4.78 is 40.4. The smallest absolute Gasteiger partial charge is 0.254 e. The number of piperazine rings is 1. The van der Waals surface area contributed by atoms with Crippen LogP contribution in [0.15, 0.2) is 47.4 Å². The van der Waals surface area contributed by atoms with Crippen molar-refractivity contribution in [1.82, 2.24) is 9.21 Å². The molecule has 2 aromatic rings. The van der Waals surface area contributed by atoms with Crippen molar-refractivity contribution in [2.24, 2.45) is 0 Å². The normalized spacial score (nSPS) is 15.0. The summed E-state index contributed by atoms with van der Waals surface area (Å²) in [5.41, 5.74) is 1.92. The number of hydrogen-bond donors (Lipinski definition) is 0. The minimum Gasteiger partial charge on any atom is -0.368 e. The fourth-order valence-corrected chi connectivity index (χ4v) is 5.42. The average molecular weight is 434 g/mol. The van der Waals surface area contributed by atoms with Crippen LogP contribution in [0.1, 0.15) is 29.8 Å². The van der Waals surface area contributed by atoms with Crippen LogP contribution in [0.25, 0.3) is 0 Å². The second-order valence-corrected chi connectivity index (χ2v) is 9.23. The molecular weight excluding hydrogens is 405 g/mol. The number of rotatable bonds is 6. The minimum atomic E-state index is -3.64. The quantitative estimate of drug-likeness (QED) is 0.702. The van der Waals surface area contributed by atoms with Gasteiger partial charge < -0.3 is 9.80 Å². The third kappa shape index (κ3) is 4.49. The molecule has 3 rings (SSSR count). The molecule has 0 N–H and O–H groups in total. The first kappa shape index (κ1) is 22.2. The van der Waals surface area contributed by atoms with Crippen molar-refractivity contribution in [2.75, 3.05) is 44.2 Å². The summed E-state index contributed by atoms with van der Waals surface area (Å²) in [6.45, 7) is 8.39. The number of sulfonamides is 1. The van der Waals surface area contributed by atoms with Crippen LogP contribution in [-0.4, -0.2) is 62.8 Å². The van der Waals surface area contributed by atoms with E-state index in [2.05, 4.69) is 4.90 Å². The molecule has 0 aliphatic carbocycles. The van der Waals surface area contributed by atoms with E-state index < -0.39 is 10.0 Å². The predicted molar refractivity (Wildman–Crippen MR) is 116 cm³/mol. The van der Waals surface area contributed by atoms with E-state index in [1.807, 2.05) is 0 Å². The fraction of sp³-hybridized carbons (Fsp3) is 0.409. The Kier molecular flexibility index (Phi) is 6.77. The summed E-state index contributed by atoms with van der Waals surface area (Å²) in [4.78, 5) is 17.1. The number of amides is 1. The Morgan fingerprint density at radius 3 is 2.17 bits per heavy atom. The number of aryl methyl sites for hydroxylation is 1. The first-order valence-electron chi connectivity index (χ1n) is 10.2. The molecule has 0 atom stereocenters. The van der Waals surface area contributed by atoms with Crippen molar-refractivity contribution in [3.63, 3.8) is 0 Å². The third-order valence-corrected chi connectivity index (χ3v) is 7.71. The van der Waals surface area contributed by atoms with Gasteiger partial charge in [-0.3, -0.25) is 4.79 Å². The summed E-state index contributed by atoms with van der Waals surface area (Å²) in [5.74, 6) is -0.452. The van der Waals surface area contributed by atoms with E-state index in [4.69, 9.17) is 0 Å². The number of carbonyl (C=O) groups excluding carboxylic acids is 1. The van der Waals surface area contributed by atoms with Gasteiger partial charge in [0.05, 0.1) is 4.90 Å². The number of halogens is 1. The highest BCUT2D eigenvalue weighted by atomic mass is 32.2. The molecule has 0 saturated carbocycles. The molecule has 0 unspecified atom stereocenters. The number of hydrogen-bond acceptors (Lipinski definition) is 4. The molecule has 2 aromatic carbocycles. The first-order valence-corrected chi connectivity index (χ1v) is 11.6. The molecule has 0 spiro atoms. The third-order valence-electron chi connectivity index (χ3n) is 5.52. The van der Waals surface area contributed by atoms with Crippen LogP contribution in [0.4, 0.5) is 10.1 Å². The molecule has 1 aliphatic heterocycles. The topological polar surface area (TPSA) is 60.9 Å². The van der Waals surface area contributed by atoms with E-state index in [9.17, 15) is 17.6 Å². The fourth-order valence-electron chi connectivity index (χ4n) is 3.72. The van der Waals surface area contributed by atoms with E-state index >= 15 is 0 Å². The number of nitrogens with zero attached hydrogens (tertiary/aromatic N) is 3. The maximum atomic E-state index is 13.1. The van der Waals surface area contributed by atoms with Gasteiger partial charge >= 0.3 is 0 Å². The average Bonchev–Trinajstić information content (AvgIpc) is 2.75. The number of carbonyl (C=O) groups is 1. The molecule has 6 nitrogen and oxygen atoms in total. The Morgan fingerprint density at radius 1 is 1.00 bits per heavy atom. The van der Waals surface area contributed by atoms with E-state index in [0.29, 0.717) is 50.4 Å². The van der Waals surface area contributed by atoms with Crippen LogP contribution in [0.5, 0.6) is 0 Å². The van der Waals surface area contributed by atoms with Gasteiger partial charge in [-0.25, -0.2) is 12.8 Å². The Labute approximate surface area is 177 Å². The second-order valence-electron chi connectivity index (χ2n) is 7.33. The Hall–Kier alpha value is -2.45. The maximum Gasteiger partial charge on any atom is 0.254 e. The van der Waals surface area contributed by atoms with Crippen molar-refractivity contribution in [2.45, 2.75) is 25.7 Å². The lowest BCUT2D eigenvalue weighted by Gasteiger charge is -2.36. The monoisotopic (exact) mass is 433 g/mol. The summed E-state index contributed by atoms with van der Waals surface area (Å²) in [6, 6.07) is 11.2. The Balaban J connectivity index is 1.76. The van der Waals surface area contributed by atoms with Gasteiger partial charge in [0, 0.05) is 50.5 Å². The Bertz CT molecular complexity index is 997. The summed E-state index contributed by atoms with van der Waals surface area (Å²) in [7, 11) is -3.64. The number of anilines is 1. The SMILES string of the molecule is CCN(CC)S(=O)(=O)c1cc(C(=O)N2CCN(c3ccc(F)cc3)CC2)ccc1C. The van der Waals surface area contributed by atoms with Crippen LogP contribution in [-0.2, 0) is 10.0 Å². The van der Waals surface area contributed by atoms with E-state index in [-0.39, 0.29) is 16.6 Å². The lowest BCUT2D eigenvalue weighted by Crippen LogP contribution is -2.48. The highest BCUT2D eigenvalue weighted by molar-refractivity contribution is 7.89. The summed E-state index contributed by atoms with van der Waals surface area (Å²) >= 11 is 0. The molecule has 1 saturated heterocycles. The highest BCUT2D eigenvalue weighted by Gasteiger charge is 2.27. The Morgan fingerprint density at radius 2 is 1.60 bits per heavy atom. The molecular formula is C22H28FN3O3S. The highest BCUT2D eigenvalue weighted by Crippen LogP contribution is 2.23. The molecule has 1 heterocycles. The molecule has 0 aromatic heterocycles. The van der Waals surface area contributed by atoms with Gasteiger partial charge in [0.2, 0.25) is 10.0 Å². The van der Waals surface area contributed by atoms with Crippen LogP contribution in [0, 0.1) is 12.7 Å². The standard InChI is InChI=1S/C22H28FN3O3S/c1-4-26(5-2)30(28,29)21-16-18(7-6-17(21)3)22(27)25-14-12-24(13-15-25)20-10-8-19(23)9-11-20/h6-11,16H,4-5,12-15H2,1-3H3. The first-order chi connectivity index (χ1) is 14.3. The van der Waals surface area contributed by atoms with Crippen molar-refractivity contribution in [3.8, 4) is 0 Å².